The van der Waals surface area contributed by atoms with Crippen LogP contribution >= 0.6 is 0 Å². The van der Waals surface area contributed by atoms with Gasteiger partial charge in [0.05, 0.1) is 6.61 Å². The van der Waals surface area contributed by atoms with E-state index in [-0.39, 0.29) is 5.54 Å². The first-order valence-electron chi connectivity index (χ1n) is 6.82. The van der Waals surface area contributed by atoms with E-state index < -0.39 is 0 Å². The molecule has 2 fully saturated rings. The van der Waals surface area contributed by atoms with E-state index in [4.69, 9.17) is 4.74 Å². The van der Waals surface area contributed by atoms with Gasteiger partial charge in [0, 0.05) is 12.1 Å². The van der Waals surface area contributed by atoms with Crippen LogP contribution in [0, 0.1) is 5.92 Å². The summed E-state index contributed by atoms with van der Waals surface area (Å²) < 4.78 is 5.43. The van der Waals surface area contributed by atoms with Gasteiger partial charge in [0.2, 0.25) is 0 Å². The molecule has 2 aliphatic rings. The average Bonchev–Trinajstić information content (AvgIpc) is 2.74. The van der Waals surface area contributed by atoms with Gasteiger partial charge in [-0.3, -0.25) is 0 Å². The zero-order chi connectivity index (χ0) is 11.3. The van der Waals surface area contributed by atoms with Crippen LogP contribution in [0.3, 0.4) is 0 Å². The number of nitrogens with one attached hydrogen (secondary N) is 2. The van der Waals surface area contributed by atoms with E-state index >= 15 is 0 Å². The molecule has 94 valence electrons. The van der Waals surface area contributed by atoms with Crippen LogP contribution in [0.1, 0.15) is 39.0 Å². The van der Waals surface area contributed by atoms with E-state index in [1.165, 1.54) is 38.8 Å². The monoisotopic (exact) mass is 226 g/mol. The Hall–Kier alpha value is -0.120. The predicted molar refractivity (Wildman–Crippen MR) is 66.7 cm³/mol. The summed E-state index contributed by atoms with van der Waals surface area (Å²) >= 11 is 0. The van der Waals surface area contributed by atoms with Crippen LogP contribution in [0.15, 0.2) is 0 Å². The van der Waals surface area contributed by atoms with E-state index in [9.17, 15) is 0 Å². The Bertz CT molecular complexity index is 196. The number of hydrogen-bond acceptors (Lipinski definition) is 3. The highest BCUT2D eigenvalue weighted by atomic mass is 16.5. The Morgan fingerprint density at radius 1 is 1.50 bits per heavy atom. The van der Waals surface area contributed by atoms with Gasteiger partial charge in [-0.2, -0.15) is 0 Å². The van der Waals surface area contributed by atoms with Crippen LogP contribution in [-0.4, -0.2) is 38.4 Å². The zero-order valence-electron chi connectivity index (χ0n) is 10.6. The van der Waals surface area contributed by atoms with Gasteiger partial charge in [-0.25, -0.2) is 0 Å². The third-order valence-electron chi connectivity index (χ3n) is 3.96. The van der Waals surface area contributed by atoms with Crippen molar-refractivity contribution in [1.29, 1.82) is 0 Å². The van der Waals surface area contributed by atoms with Crippen LogP contribution in [0.5, 0.6) is 0 Å². The molecule has 0 spiro atoms. The Morgan fingerprint density at radius 3 is 3.12 bits per heavy atom. The van der Waals surface area contributed by atoms with Crippen LogP contribution in [0.4, 0.5) is 0 Å². The fourth-order valence-electron chi connectivity index (χ4n) is 2.76. The maximum Gasteiger partial charge on any atom is 0.0646 e. The Labute approximate surface area is 99.3 Å². The molecule has 3 heteroatoms. The fourth-order valence-corrected chi connectivity index (χ4v) is 2.76. The van der Waals surface area contributed by atoms with E-state index in [0.717, 1.165) is 32.1 Å². The van der Waals surface area contributed by atoms with Gasteiger partial charge >= 0.3 is 0 Å². The second kappa shape index (κ2) is 5.99. The second-order valence-electron chi connectivity index (χ2n) is 5.64. The van der Waals surface area contributed by atoms with Crippen LogP contribution in [0.25, 0.3) is 0 Å². The van der Waals surface area contributed by atoms with Crippen molar-refractivity contribution in [1.82, 2.24) is 10.6 Å². The van der Waals surface area contributed by atoms with Crippen LogP contribution < -0.4 is 10.6 Å². The molecule has 0 bridgehead atoms. The number of hydrogen-bond donors (Lipinski definition) is 2. The largest absolute Gasteiger partial charge is 0.379 e. The number of rotatable bonds is 5. The summed E-state index contributed by atoms with van der Waals surface area (Å²) in [6.45, 7) is 7.71. The second-order valence-corrected chi connectivity index (χ2v) is 5.64. The summed E-state index contributed by atoms with van der Waals surface area (Å²) in [7, 11) is 0. The standard InChI is InChI=1S/C13H26N2O/c1-13(6-9-16-11-13)15-8-3-5-12-4-2-7-14-10-12/h12,14-15H,2-11H2,1H3. The van der Waals surface area contributed by atoms with Crippen molar-refractivity contribution in [3.05, 3.63) is 0 Å². The van der Waals surface area contributed by atoms with Gasteiger partial charge in [0.25, 0.3) is 0 Å². The van der Waals surface area contributed by atoms with Crippen molar-refractivity contribution in [2.45, 2.75) is 44.6 Å². The highest BCUT2D eigenvalue weighted by Crippen LogP contribution is 2.19. The molecule has 2 N–H and O–H groups in total. The quantitative estimate of drug-likeness (QED) is 0.698. The van der Waals surface area contributed by atoms with Crippen molar-refractivity contribution in [2.75, 3.05) is 32.8 Å². The molecule has 2 unspecified atom stereocenters. The first-order chi connectivity index (χ1) is 7.79. The average molecular weight is 226 g/mol. The van der Waals surface area contributed by atoms with Gasteiger partial charge in [-0.1, -0.05) is 0 Å². The van der Waals surface area contributed by atoms with Gasteiger partial charge in [0.15, 0.2) is 0 Å². The third-order valence-corrected chi connectivity index (χ3v) is 3.96. The minimum atomic E-state index is 0.255. The summed E-state index contributed by atoms with van der Waals surface area (Å²) in [6.07, 6.45) is 6.63. The van der Waals surface area contributed by atoms with Crippen molar-refractivity contribution >= 4 is 0 Å². The third kappa shape index (κ3) is 3.72. The summed E-state index contributed by atoms with van der Waals surface area (Å²) in [4.78, 5) is 0. The van der Waals surface area contributed by atoms with Gasteiger partial charge < -0.3 is 15.4 Å². The first-order valence-corrected chi connectivity index (χ1v) is 6.82. The normalized spacial score (nSPS) is 35.4. The molecule has 0 amide bonds. The highest BCUT2D eigenvalue weighted by Gasteiger charge is 2.28. The molecular weight excluding hydrogens is 200 g/mol. The topological polar surface area (TPSA) is 33.3 Å². The van der Waals surface area contributed by atoms with Crippen molar-refractivity contribution in [3.8, 4) is 0 Å². The van der Waals surface area contributed by atoms with Crippen molar-refractivity contribution in [3.63, 3.8) is 0 Å². The van der Waals surface area contributed by atoms with Gasteiger partial charge in [-0.05, 0) is 64.6 Å². The maximum atomic E-state index is 5.43. The molecule has 3 nitrogen and oxygen atoms in total. The predicted octanol–water partition coefficient (Wildman–Crippen LogP) is 1.53. The molecule has 0 aromatic carbocycles. The lowest BCUT2D eigenvalue weighted by Gasteiger charge is -2.25. The van der Waals surface area contributed by atoms with Gasteiger partial charge in [0.1, 0.15) is 0 Å². The molecular formula is C13H26N2O. The molecule has 2 heterocycles. The lowest BCUT2D eigenvalue weighted by atomic mass is 9.94. The highest BCUT2D eigenvalue weighted by molar-refractivity contribution is 4.86. The SMILES string of the molecule is CC1(NCCCC2CCCNC2)CCOC1. The summed E-state index contributed by atoms with van der Waals surface area (Å²) in [5.41, 5.74) is 0.255. The van der Waals surface area contributed by atoms with E-state index in [2.05, 4.69) is 17.6 Å². The minimum absolute atomic E-state index is 0.255. The molecule has 2 aliphatic heterocycles. The Kier molecular flexibility index (Phi) is 4.62. The van der Waals surface area contributed by atoms with E-state index in [0.29, 0.717) is 0 Å². The van der Waals surface area contributed by atoms with Crippen LogP contribution in [0.2, 0.25) is 0 Å². The molecule has 0 aliphatic carbocycles. The zero-order valence-corrected chi connectivity index (χ0v) is 10.6. The first kappa shape index (κ1) is 12.3. The van der Waals surface area contributed by atoms with Crippen molar-refractivity contribution in [2.24, 2.45) is 5.92 Å². The van der Waals surface area contributed by atoms with Gasteiger partial charge in [-0.15, -0.1) is 0 Å². The smallest absolute Gasteiger partial charge is 0.0646 e. The summed E-state index contributed by atoms with van der Waals surface area (Å²) in [5.74, 6) is 0.920. The molecule has 0 radical (unpaired) electrons. The molecule has 2 rings (SSSR count). The number of ether oxygens (including phenoxy) is 1. The van der Waals surface area contributed by atoms with E-state index in [1.54, 1.807) is 0 Å². The molecule has 16 heavy (non-hydrogen) atoms. The maximum absolute atomic E-state index is 5.43. The number of piperidine rings is 1. The molecule has 2 saturated heterocycles. The summed E-state index contributed by atoms with van der Waals surface area (Å²) in [5, 5.41) is 7.14. The Morgan fingerprint density at radius 2 is 2.44 bits per heavy atom. The van der Waals surface area contributed by atoms with Crippen molar-refractivity contribution < 1.29 is 4.74 Å². The molecule has 0 aromatic heterocycles. The fraction of sp³-hybridized carbons (Fsp3) is 1.00. The lowest BCUT2D eigenvalue weighted by molar-refractivity contribution is 0.171. The van der Waals surface area contributed by atoms with E-state index in [1.807, 2.05) is 0 Å². The minimum Gasteiger partial charge on any atom is -0.379 e. The molecule has 2 atom stereocenters. The summed E-state index contributed by atoms with van der Waals surface area (Å²) in [6, 6.07) is 0. The molecule has 0 saturated carbocycles. The Balaban J connectivity index is 1.54. The molecule has 0 aromatic rings. The van der Waals surface area contributed by atoms with Crippen LogP contribution in [-0.2, 0) is 4.74 Å². The lowest BCUT2D eigenvalue weighted by Crippen LogP contribution is -2.43.